The highest BCUT2D eigenvalue weighted by Crippen LogP contribution is 2.33. The minimum Gasteiger partial charge on any atom is -0.506 e. The van der Waals surface area contributed by atoms with Crippen LogP contribution in [0, 0.1) is 0 Å². The van der Waals surface area contributed by atoms with Gasteiger partial charge in [0.2, 0.25) is 5.88 Å². The third kappa shape index (κ3) is 4.72. The van der Waals surface area contributed by atoms with Gasteiger partial charge in [0, 0.05) is 11.6 Å². The van der Waals surface area contributed by atoms with Gasteiger partial charge in [0.25, 0.3) is 5.56 Å². The van der Waals surface area contributed by atoms with Crippen LogP contribution in [-0.2, 0) is 4.74 Å². The summed E-state index contributed by atoms with van der Waals surface area (Å²) >= 11 is 0. The van der Waals surface area contributed by atoms with Crippen molar-refractivity contribution in [1.82, 2.24) is 4.57 Å². The molecule has 7 nitrogen and oxygen atoms in total. The number of ether oxygens (including phenoxy) is 2. The molecule has 2 aromatic carbocycles. The lowest BCUT2D eigenvalue weighted by molar-refractivity contribution is 0.0521. The average Bonchev–Trinajstić information content (AvgIpc) is 2.82. The number of aromatic nitrogens is 1. The molecule has 2 N–H and O–H groups in total. The molecule has 1 aromatic heterocycles. The number of phenols is 1. The number of rotatable bonds is 6. The van der Waals surface area contributed by atoms with E-state index in [4.69, 9.17) is 9.47 Å². The van der Waals surface area contributed by atoms with Crippen molar-refractivity contribution in [1.29, 1.82) is 0 Å². The van der Waals surface area contributed by atoms with Crippen LogP contribution in [0.5, 0.6) is 17.4 Å². The van der Waals surface area contributed by atoms with E-state index >= 15 is 0 Å². The van der Waals surface area contributed by atoms with Gasteiger partial charge in [-0.15, -0.1) is 0 Å². The molecule has 0 radical (unpaired) electrons. The Labute approximate surface area is 191 Å². The van der Waals surface area contributed by atoms with E-state index in [0.29, 0.717) is 11.3 Å². The van der Waals surface area contributed by atoms with E-state index in [1.165, 1.54) is 24.6 Å². The zero-order valence-electron chi connectivity index (χ0n) is 18.5. The lowest BCUT2D eigenvalue weighted by atomic mass is 9.98. The van der Waals surface area contributed by atoms with Gasteiger partial charge >= 0.3 is 5.97 Å². The number of aromatic hydroxyl groups is 2. The molecule has 0 bridgehead atoms. The number of carbonyl (C=O) groups is 1. The van der Waals surface area contributed by atoms with Crippen LogP contribution in [-0.4, -0.2) is 33.5 Å². The molecular weight excluding hydrogens is 422 g/mol. The third-order valence-electron chi connectivity index (χ3n) is 5.80. The standard InChI is InChI=1S/C26H27NO6/c1-2-32-26(31)21-16-20(17-9-5-3-6-10-17)24(29)27(25(21)30)22-15-19(13-14-23(22)28)33-18-11-7-4-8-12-18/h3,5-6,9-10,13-16,18,28,30H,2,4,7-8,11-12H2,1H3. The van der Waals surface area contributed by atoms with Crippen molar-refractivity contribution in [2.75, 3.05) is 6.61 Å². The van der Waals surface area contributed by atoms with Crippen molar-refractivity contribution in [3.8, 4) is 34.2 Å². The van der Waals surface area contributed by atoms with E-state index in [1.54, 1.807) is 37.3 Å². The molecule has 0 saturated heterocycles. The number of benzene rings is 2. The van der Waals surface area contributed by atoms with E-state index in [-0.39, 0.29) is 35.3 Å². The maximum absolute atomic E-state index is 13.5. The second kappa shape index (κ2) is 9.81. The lowest BCUT2D eigenvalue weighted by Crippen LogP contribution is -2.23. The minimum atomic E-state index is -0.768. The first kappa shape index (κ1) is 22.5. The molecule has 3 aromatic rings. The van der Waals surface area contributed by atoms with E-state index in [0.717, 1.165) is 30.3 Å². The largest absolute Gasteiger partial charge is 0.506 e. The first-order valence-electron chi connectivity index (χ1n) is 11.2. The van der Waals surface area contributed by atoms with Gasteiger partial charge in [-0.25, -0.2) is 9.36 Å². The smallest absolute Gasteiger partial charge is 0.343 e. The first-order valence-corrected chi connectivity index (χ1v) is 11.2. The Hall–Kier alpha value is -3.74. The average molecular weight is 450 g/mol. The molecule has 4 rings (SSSR count). The first-order chi connectivity index (χ1) is 16.0. The summed E-state index contributed by atoms with van der Waals surface area (Å²) in [5.41, 5.74) is 0.0182. The van der Waals surface area contributed by atoms with Crippen LogP contribution in [0.15, 0.2) is 59.4 Å². The Morgan fingerprint density at radius 3 is 2.45 bits per heavy atom. The predicted octanol–water partition coefficient (Wildman–Crippen LogP) is 4.80. The molecule has 1 heterocycles. The van der Waals surface area contributed by atoms with Crippen molar-refractivity contribution < 1.29 is 24.5 Å². The molecule has 0 spiro atoms. The maximum atomic E-state index is 13.5. The van der Waals surface area contributed by atoms with E-state index < -0.39 is 17.4 Å². The Morgan fingerprint density at radius 2 is 1.76 bits per heavy atom. The number of nitrogens with zero attached hydrogens (tertiary/aromatic N) is 1. The van der Waals surface area contributed by atoms with Crippen molar-refractivity contribution >= 4 is 5.97 Å². The van der Waals surface area contributed by atoms with Crippen molar-refractivity contribution in [2.24, 2.45) is 0 Å². The molecule has 1 aliphatic rings. The van der Waals surface area contributed by atoms with Crippen molar-refractivity contribution in [2.45, 2.75) is 45.1 Å². The van der Waals surface area contributed by atoms with Crippen LogP contribution in [0.3, 0.4) is 0 Å². The van der Waals surface area contributed by atoms with Gasteiger partial charge in [-0.3, -0.25) is 4.79 Å². The lowest BCUT2D eigenvalue weighted by Gasteiger charge is -2.23. The van der Waals surface area contributed by atoms with Gasteiger partial charge in [0.1, 0.15) is 17.1 Å². The van der Waals surface area contributed by atoms with Crippen molar-refractivity contribution in [3.05, 3.63) is 70.5 Å². The Balaban J connectivity index is 1.87. The number of esters is 1. The summed E-state index contributed by atoms with van der Waals surface area (Å²) in [5.74, 6) is -1.13. The highest BCUT2D eigenvalue weighted by Gasteiger charge is 2.24. The van der Waals surface area contributed by atoms with Crippen molar-refractivity contribution in [3.63, 3.8) is 0 Å². The molecule has 0 atom stereocenters. The summed E-state index contributed by atoms with van der Waals surface area (Å²) in [6.45, 7) is 1.76. The normalized spacial score (nSPS) is 14.1. The predicted molar refractivity (Wildman–Crippen MR) is 124 cm³/mol. The van der Waals surface area contributed by atoms with Gasteiger partial charge in [-0.05, 0) is 56.4 Å². The SMILES string of the molecule is CCOC(=O)c1cc(-c2ccccc2)c(=O)n(-c2cc(OC3CCCCC3)ccc2O)c1O. The zero-order chi connectivity index (χ0) is 23.4. The molecule has 0 aliphatic heterocycles. The quantitative estimate of drug-likeness (QED) is 0.525. The van der Waals surface area contributed by atoms with Gasteiger partial charge in [-0.1, -0.05) is 36.8 Å². The van der Waals surface area contributed by atoms with E-state index in [1.807, 2.05) is 6.07 Å². The molecule has 1 saturated carbocycles. The molecular formula is C26H27NO6. The second-order valence-corrected chi connectivity index (χ2v) is 8.05. The molecule has 1 aliphatic carbocycles. The summed E-state index contributed by atoms with van der Waals surface area (Å²) in [7, 11) is 0. The van der Waals surface area contributed by atoms with Crippen LogP contribution in [0.2, 0.25) is 0 Å². The van der Waals surface area contributed by atoms with Crippen LogP contribution < -0.4 is 10.3 Å². The fraction of sp³-hybridized carbons (Fsp3) is 0.308. The summed E-state index contributed by atoms with van der Waals surface area (Å²) < 4.78 is 12.1. The topological polar surface area (TPSA) is 98.0 Å². The molecule has 0 amide bonds. The van der Waals surface area contributed by atoms with E-state index in [9.17, 15) is 19.8 Å². The summed E-state index contributed by atoms with van der Waals surface area (Å²) in [4.78, 5) is 26.0. The molecule has 172 valence electrons. The highest BCUT2D eigenvalue weighted by atomic mass is 16.5. The zero-order valence-corrected chi connectivity index (χ0v) is 18.5. The van der Waals surface area contributed by atoms with Gasteiger partial charge < -0.3 is 19.7 Å². The van der Waals surface area contributed by atoms with Crippen LogP contribution in [0.1, 0.15) is 49.4 Å². The number of hydrogen-bond acceptors (Lipinski definition) is 6. The number of carbonyl (C=O) groups excluding carboxylic acids is 1. The van der Waals surface area contributed by atoms with Crippen LogP contribution >= 0.6 is 0 Å². The number of phenolic OH excluding ortho intramolecular Hbond substituents is 1. The fourth-order valence-corrected chi connectivity index (χ4v) is 4.15. The Kier molecular flexibility index (Phi) is 6.68. The summed E-state index contributed by atoms with van der Waals surface area (Å²) in [5, 5.41) is 21.5. The van der Waals surface area contributed by atoms with Crippen LogP contribution in [0.25, 0.3) is 16.8 Å². The van der Waals surface area contributed by atoms with Crippen LogP contribution in [0.4, 0.5) is 0 Å². The Morgan fingerprint density at radius 1 is 1.03 bits per heavy atom. The van der Waals surface area contributed by atoms with E-state index in [2.05, 4.69) is 0 Å². The second-order valence-electron chi connectivity index (χ2n) is 8.05. The molecule has 1 fully saturated rings. The summed E-state index contributed by atoms with van der Waals surface area (Å²) in [6.07, 6.45) is 5.32. The maximum Gasteiger partial charge on any atom is 0.343 e. The monoisotopic (exact) mass is 449 g/mol. The molecule has 33 heavy (non-hydrogen) atoms. The van der Waals surface area contributed by atoms with Gasteiger partial charge in [0.05, 0.1) is 18.4 Å². The highest BCUT2D eigenvalue weighted by molar-refractivity contribution is 5.93. The molecule has 0 unspecified atom stereocenters. The summed E-state index contributed by atoms with van der Waals surface area (Å²) in [6, 6.07) is 14.7. The third-order valence-corrected chi connectivity index (χ3v) is 5.80. The molecule has 7 heteroatoms. The Bertz CT molecular complexity index is 1200. The number of hydrogen-bond donors (Lipinski definition) is 2. The van der Waals surface area contributed by atoms with Gasteiger partial charge in [0.15, 0.2) is 0 Å². The minimum absolute atomic E-state index is 0.0224. The number of pyridine rings is 1. The van der Waals surface area contributed by atoms with Gasteiger partial charge in [-0.2, -0.15) is 0 Å². The fourth-order valence-electron chi connectivity index (χ4n) is 4.15.